The van der Waals surface area contributed by atoms with E-state index in [1.54, 1.807) is 21.3 Å². The first kappa shape index (κ1) is 26.8. The van der Waals surface area contributed by atoms with Crippen LogP contribution in [0.25, 0.3) is 0 Å². The van der Waals surface area contributed by atoms with Gasteiger partial charge >= 0.3 is 0 Å². The maximum Gasteiger partial charge on any atom is 0.160 e. The van der Waals surface area contributed by atoms with Crippen molar-refractivity contribution in [2.24, 2.45) is 0 Å². The van der Waals surface area contributed by atoms with Crippen LogP contribution >= 0.6 is 0 Å². The van der Waals surface area contributed by atoms with Crippen molar-refractivity contribution in [1.29, 1.82) is 0 Å². The van der Waals surface area contributed by atoms with Crippen molar-refractivity contribution in [3.8, 4) is 17.2 Å². The Morgan fingerprint density at radius 1 is 0.486 bits per heavy atom. The van der Waals surface area contributed by atoms with Crippen molar-refractivity contribution < 1.29 is 14.2 Å². The molecule has 1 aliphatic rings. The largest absolute Gasteiger partial charge is 0.497 e. The Hall–Kier alpha value is -3.24. The minimum Gasteiger partial charge on any atom is -0.497 e. The zero-order valence-corrected chi connectivity index (χ0v) is 25.0. The van der Waals surface area contributed by atoms with Gasteiger partial charge in [0.15, 0.2) is 8.07 Å². The molecule has 1 aliphatic carbocycles. The summed E-state index contributed by atoms with van der Waals surface area (Å²) in [6.45, 7) is 16.0. The summed E-state index contributed by atoms with van der Waals surface area (Å²) in [7, 11) is 2.50. The zero-order chi connectivity index (χ0) is 27.1. The van der Waals surface area contributed by atoms with E-state index >= 15 is 0 Å². The maximum atomic E-state index is 5.65. The Morgan fingerprint density at radius 3 is 1.03 bits per heavy atom. The molecular weight excluding hydrogens is 472 g/mol. The van der Waals surface area contributed by atoms with Crippen LogP contribution in [0, 0.1) is 20.8 Å². The second-order valence-electron chi connectivity index (χ2n) is 10.4. The van der Waals surface area contributed by atoms with Gasteiger partial charge in [0, 0.05) is 5.54 Å². The van der Waals surface area contributed by atoms with Crippen LogP contribution in [0.3, 0.4) is 0 Å². The maximum absolute atomic E-state index is 5.65. The molecule has 0 saturated carbocycles. The molecule has 0 amide bonds. The fourth-order valence-corrected chi connectivity index (χ4v) is 13.2. The summed E-state index contributed by atoms with van der Waals surface area (Å²) in [6.07, 6.45) is 0. The third-order valence-corrected chi connectivity index (χ3v) is 14.6. The second kappa shape index (κ2) is 10.3. The zero-order valence-electron chi connectivity index (χ0n) is 24.0. The normalized spacial score (nSPS) is 14.4. The summed E-state index contributed by atoms with van der Waals surface area (Å²) in [4.78, 5) is 0. The van der Waals surface area contributed by atoms with E-state index in [0.717, 1.165) is 17.2 Å². The topological polar surface area (TPSA) is 27.7 Å². The van der Waals surface area contributed by atoms with Crippen LogP contribution in [0.4, 0.5) is 0 Å². The highest BCUT2D eigenvalue weighted by molar-refractivity contribution is 7.13. The molecule has 0 N–H and O–H groups in total. The van der Waals surface area contributed by atoms with Gasteiger partial charge in [-0.1, -0.05) is 29.3 Å². The smallest absolute Gasteiger partial charge is 0.160 e. The van der Waals surface area contributed by atoms with Gasteiger partial charge in [-0.25, -0.2) is 0 Å². The highest BCUT2D eigenvalue weighted by Gasteiger charge is 2.52. The predicted molar refractivity (Wildman–Crippen MR) is 158 cm³/mol. The lowest BCUT2D eigenvalue weighted by atomic mass is 10.1. The molecule has 0 saturated heterocycles. The van der Waals surface area contributed by atoms with Gasteiger partial charge in [-0.2, -0.15) is 0 Å². The number of methoxy groups -OCH3 is 3. The quantitative estimate of drug-likeness (QED) is 0.280. The first-order valence-corrected chi connectivity index (χ1v) is 15.0. The monoisotopic (exact) mass is 512 g/mol. The molecule has 37 heavy (non-hydrogen) atoms. The number of hydrogen-bond acceptors (Lipinski definition) is 3. The average Bonchev–Trinajstić information content (AvgIpc) is 3.08. The van der Waals surface area contributed by atoms with Crippen LogP contribution in [0.15, 0.2) is 76.9 Å². The number of hydrogen-bond donors (Lipinski definition) is 0. The first-order valence-electron chi connectivity index (χ1n) is 12.9. The minimum absolute atomic E-state index is 0.291. The molecule has 0 unspecified atom stereocenters. The number of aryl methyl sites for hydroxylation is 3. The van der Waals surface area contributed by atoms with E-state index in [2.05, 4.69) is 103 Å². The van der Waals surface area contributed by atoms with E-state index in [1.807, 2.05) is 0 Å². The summed E-state index contributed by atoms with van der Waals surface area (Å²) < 4.78 is 16.9. The van der Waals surface area contributed by atoms with Gasteiger partial charge in [-0.05, 0) is 128 Å². The second-order valence-corrected chi connectivity index (χ2v) is 14.2. The Bertz CT molecular complexity index is 1260. The van der Waals surface area contributed by atoms with Gasteiger partial charge in [0.05, 0.1) is 21.3 Å². The Kier molecular flexibility index (Phi) is 7.43. The van der Waals surface area contributed by atoms with E-state index in [9.17, 15) is 0 Å². The summed E-state index contributed by atoms with van der Waals surface area (Å²) in [5, 5.41) is 4.25. The first-order chi connectivity index (χ1) is 17.6. The Labute approximate surface area is 223 Å². The SMILES string of the molecule is COc1ccc([Si](c2ccc(OC)cc2C)(c2ccc(OC)cc2C)C2C(C)=C(C)C(C)=C2C)c(C)c1. The van der Waals surface area contributed by atoms with E-state index in [4.69, 9.17) is 14.2 Å². The Morgan fingerprint density at radius 2 is 0.784 bits per heavy atom. The van der Waals surface area contributed by atoms with Gasteiger partial charge in [0.1, 0.15) is 17.2 Å². The van der Waals surface area contributed by atoms with E-state index in [-0.39, 0.29) is 0 Å². The Balaban J connectivity index is 2.25. The molecule has 3 aromatic carbocycles. The lowest BCUT2D eigenvalue weighted by Gasteiger charge is -2.43. The van der Waals surface area contributed by atoms with Crippen molar-refractivity contribution in [2.75, 3.05) is 21.3 Å². The van der Waals surface area contributed by atoms with Crippen LogP contribution in [-0.4, -0.2) is 29.4 Å². The number of benzene rings is 3. The van der Waals surface area contributed by atoms with Gasteiger partial charge in [-0.3, -0.25) is 0 Å². The average molecular weight is 513 g/mol. The standard InChI is InChI=1S/C33H40O3Si/c1-20-17-27(34-8)11-14-30(20)37(31-15-12-28(35-9)18-21(31)2,32-16-13-29(36-10)19-22(32)3)33-25(6)23(4)24(5)26(33)7/h11-19,33H,1-10H3. The molecule has 0 bridgehead atoms. The molecule has 0 heterocycles. The van der Waals surface area contributed by atoms with E-state index < -0.39 is 8.07 Å². The molecule has 0 aromatic heterocycles. The van der Waals surface area contributed by atoms with Crippen LogP contribution in [-0.2, 0) is 0 Å². The van der Waals surface area contributed by atoms with Gasteiger partial charge in [0.2, 0.25) is 0 Å². The van der Waals surface area contributed by atoms with Crippen molar-refractivity contribution >= 4 is 23.6 Å². The van der Waals surface area contributed by atoms with Crippen LogP contribution in [0.1, 0.15) is 44.4 Å². The lowest BCUT2D eigenvalue weighted by Crippen LogP contribution is -2.72. The summed E-state index contributed by atoms with van der Waals surface area (Å²) >= 11 is 0. The van der Waals surface area contributed by atoms with E-state index in [1.165, 1.54) is 54.5 Å². The molecular formula is C33H40O3Si. The van der Waals surface area contributed by atoms with Gasteiger partial charge in [-0.15, -0.1) is 0 Å². The third-order valence-electron chi connectivity index (χ3n) is 8.62. The van der Waals surface area contributed by atoms with Crippen LogP contribution in [0.5, 0.6) is 17.2 Å². The van der Waals surface area contributed by atoms with Gasteiger partial charge in [0.25, 0.3) is 0 Å². The van der Waals surface area contributed by atoms with Crippen LogP contribution in [0.2, 0.25) is 5.54 Å². The fraction of sp³-hybridized carbons (Fsp3) is 0.333. The minimum atomic E-state index is -2.72. The highest BCUT2D eigenvalue weighted by Crippen LogP contribution is 2.47. The van der Waals surface area contributed by atoms with E-state index in [0.29, 0.717) is 5.54 Å². The number of ether oxygens (including phenoxy) is 3. The fourth-order valence-electron chi connectivity index (χ4n) is 6.52. The van der Waals surface area contributed by atoms with Crippen molar-refractivity contribution in [3.05, 3.63) is 93.6 Å². The summed E-state index contributed by atoms with van der Waals surface area (Å²) in [6, 6.07) is 20.0. The molecule has 0 spiro atoms. The molecule has 0 atom stereocenters. The number of allylic oxidation sites excluding steroid dienone is 4. The molecule has 0 fully saturated rings. The third kappa shape index (κ3) is 4.21. The molecule has 4 rings (SSSR count). The molecule has 3 aromatic rings. The van der Waals surface area contributed by atoms with Crippen molar-refractivity contribution in [2.45, 2.75) is 54.0 Å². The molecule has 3 nitrogen and oxygen atoms in total. The summed E-state index contributed by atoms with van der Waals surface area (Å²) in [5.74, 6) is 2.67. The molecule has 0 radical (unpaired) electrons. The van der Waals surface area contributed by atoms with Crippen molar-refractivity contribution in [1.82, 2.24) is 0 Å². The lowest BCUT2D eigenvalue weighted by molar-refractivity contribution is 0.414. The molecule has 194 valence electrons. The highest BCUT2D eigenvalue weighted by atomic mass is 28.3. The predicted octanol–water partition coefficient (Wildman–Crippen LogP) is 6.16. The van der Waals surface area contributed by atoms with Gasteiger partial charge < -0.3 is 14.2 Å². The van der Waals surface area contributed by atoms with Crippen molar-refractivity contribution in [3.63, 3.8) is 0 Å². The molecule has 4 heteroatoms. The van der Waals surface area contributed by atoms with Crippen LogP contribution < -0.4 is 29.8 Å². The molecule has 0 aliphatic heterocycles. The number of rotatable bonds is 7. The summed E-state index contributed by atoms with van der Waals surface area (Å²) in [5.41, 5.74) is 9.87.